The van der Waals surface area contributed by atoms with Gasteiger partial charge in [-0.05, 0) is 23.5 Å². The summed E-state index contributed by atoms with van der Waals surface area (Å²) in [5, 5.41) is 0. The van der Waals surface area contributed by atoms with Crippen molar-refractivity contribution < 1.29 is 0 Å². The number of anilines is 2. The Bertz CT molecular complexity index is 346. The van der Waals surface area contributed by atoms with Crippen LogP contribution in [0, 0.1) is 11.3 Å². The number of hydrogen-bond donors (Lipinski definition) is 1. The van der Waals surface area contributed by atoms with Crippen LogP contribution in [0.3, 0.4) is 0 Å². The van der Waals surface area contributed by atoms with Crippen molar-refractivity contribution in [1.29, 1.82) is 0 Å². The zero-order chi connectivity index (χ0) is 11.1. The number of benzene rings is 1. The Hall–Kier alpha value is -1.18. The third-order valence-corrected chi connectivity index (χ3v) is 3.38. The molecule has 1 fully saturated rings. The average molecular weight is 204 g/mol. The molecule has 1 aliphatic rings. The number of para-hydroxylation sites is 2. The van der Waals surface area contributed by atoms with Gasteiger partial charge < -0.3 is 10.6 Å². The number of nitrogens with two attached hydrogens (primary N) is 1. The molecule has 0 aromatic heterocycles. The smallest absolute Gasteiger partial charge is 0.0600 e. The number of nitrogen functional groups attached to an aromatic ring is 1. The van der Waals surface area contributed by atoms with Crippen molar-refractivity contribution in [2.24, 2.45) is 11.3 Å². The van der Waals surface area contributed by atoms with Crippen LogP contribution in [0.1, 0.15) is 20.8 Å². The van der Waals surface area contributed by atoms with E-state index in [-0.39, 0.29) is 0 Å². The predicted octanol–water partition coefficient (Wildman–Crippen LogP) is 2.75. The highest BCUT2D eigenvalue weighted by Crippen LogP contribution is 2.37. The maximum absolute atomic E-state index is 5.94. The molecule has 0 spiro atoms. The molecule has 0 unspecified atom stereocenters. The van der Waals surface area contributed by atoms with Gasteiger partial charge in [0.05, 0.1) is 11.4 Å². The maximum atomic E-state index is 5.94. The summed E-state index contributed by atoms with van der Waals surface area (Å²) >= 11 is 0. The van der Waals surface area contributed by atoms with E-state index in [1.165, 1.54) is 5.69 Å². The van der Waals surface area contributed by atoms with Crippen LogP contribution in [0.5, 0.6) is 0 Å². The zero-order valence-electron chi connectivity index (χ0n) is 9.83. The van der Waals surface area contributed by atoms with Crippen molar-refractivity contribution in [3.05, 3.63) is 24.3 Å². The Morgan fingerprint density at radius 2 is 1.80 bits per heavy atom. The minimum Gasteiger partial charge on any atom is -0.397 e. The summed E-state index contributed by atoms with van der Waals surface area (Å²) in [4.78, 5) is 2.37. The molecule has 0 radical (unpaired) electrons. The number of hydrogen-bond acceptors (Lipinski definition) is 2. The third kappa shape index (κ3) is 1.94. The summed E-state index contributed by atoms with van der Waals surface area (Å²) in [6.45, 7) is 9.20. The highest BCUT2D eigenvalue weighted by Gasteiger charge is 2.36. The van der Waals surface area contributed by atoms with Gasteiger partial charge in [0.1, 0.15) is 0 Å². The number of nitrogens with zero attached hydrogens (tertiary/aromatic N) is 1. The van der Waals surface area contributed by atoms with E-state index in [2.05, 4.69) is 37.8 Å². The standard InChI is InChI=1S/C13H20N2/c1-13(2,3)10-8-15(9-10)12-7-5-4-6-11(12)14/h4-7,10H,8-9,14H2,1-3H3. The van der Waals surface area contributed by atoms with Gasteiger partial charge in [-0.25, -0.2) is 0 Å². The molecule has 82 valence electrons. The van der Waals surface area contributed by atoms with E-state index < -0.39 is 0 Å². The van der Waals surface area contributed by atoms with Crippen LogP contribution in [0.4, 0.5) is 11.4 Å². The van der Waals surface area contributed by atoms with Gasteiger partial charge in [-0.3, -0.25) is 0 Å². The predicted molar refractivity (Wildman–Crippen MR) is 66.0 cm³/mol. The Morgan fingerprint density at radius 1 is 1.20 bits per heavy atom. The Kier molecular flexibility index (Phi) is 2.37. The van der Waals surface area contributed by atoms with Crippen molar-refractivity contribution >= 4 is 11.4 Å². The lowest BCUT2D eigenvalue weighted by atomic mass is 9.76. The van der Waals surface area contributed by atoms with E-state index in [0.29, 0.717) is 5.41 Å². The van der Waals surface area contributed by atoms with Crippen molar-refractivity contribution in [2.45, 2.75) is 20.8 Å². The first kappa shape index (κ1) is 10.3. The molecular weight excluding hydrogens is 184 g/mol. The molecule has 1 saturated heterocycles. The van der Waals surface area contributed by atoms with Crippen LogP contribution in [0.15, 0.2) is 24.3 Å². The highest BCUT2D eigenvalue weighted by molar-refractivity contribution is 5.68. The summed E-state index contributed by atoms with van der Waals surface area (Å²) in [5.74, 6) is 0.789. The van der Waals surface area contributed by atoms with Gasteiger partial charge in [-0.1, -0.05) is 32.9 Å². The summed E-state index contributed by atoms with van der Waals surface area (Å²) in [5.41, 5.74) is 8.45. The quantitative estimate of drug-likeness (QED) is 0.713. The van der Waals surface area contributed by atoms with Crippen LogP contribution in [0.2, 0.25) is 0 Å². The molecule has 2 rings (SSSR count). The minimum atomic E-state index is 0.417. The van der Waals surface area contributed by atoms with Crippen LogP contribution in [-0.2, 0) is 0 Å². The van der Waals surface area contributed by atoms with Crippen molar-refractivity contribution in [1.82, 2.24) is 0 Å². The van der Waals surface area contributed by atoms with Gasteiger partial charge >= 0.3 is 0 Å². The second-order valence-electron chi connectivity index (χ2n) is 5.53. The summed E-state index contributed by atoms with van der Waals surface area (Å²) in [6, 6.07) is 8.12. The minimum absolute atomic E-state index is 0.417. The topological polar surface area (TPSA) is 29.3 Å². The van der Waals surface area contributed by atoms with Crippen molar-refractivity contribution in [3.8, 4) is 0 Å². The molecule has 1 aromatic carbocycles. The lowest BCUT2D eigenvalue weighted by Crippen LogP contribution is -2.52. The molecular formula is C13H20N2. The Labute approximate surface area is 92.1 Å². The molecule has 2 heteroatoms. The molecule has 2 nitrogen and oxygen atoms in total. The second kappa shape index (κ2) is 3.44. The van der Waals surface area contributed by atoms with Crippen LogP contribution in [0.25, 0.3) is 0 Å². The van der Waals surface area contributed by atoms with Crippen LogP contribution < -0.4 is 10.6 Å². The maximum Gasteiger partial charge on any atom is 0.0600 e. The molecule has 0 amide bonds. The first-order valence-electron chi connectivity index (χ1n) is 5.58. The molecule has 0 saturated carbocycles. The molecule has 15 heavy (non-hydrogen) atoms. The van der Waals surface area contributed by atoms with Gasteiger partial charge in [-0.2, -0.15) is 0 Å². The largest absolute Gasteiger partial charge is 0.397 e. The monoisotopic (exact) mass is 204 g/mol. The molecule has 1 heterocycles. The van der Waals surface area contributed by atoms with Gasteiger partial charge in [-0.15, -0.1) is 0 Å². The SMILES string of the molecule is CC(C)(C)C1CN(c2ccccc2N)C1. The first-order chi connectivity index (χ1) is 6.98. The Balaban J connectivity index is 2.04. The molecule has 1 aromatic rings. The van der Waals surface area contributed by atoms with Gasteiger partial charge in [0.15, 0.2) is 0 Å². The fourth-order valence-corrected chi connectivity index (χ4v) is 2.00. The molecule has 0 bridgehead atoms. The summed E-state index contributed by atoms with van der Waals surface area (Å²) in [6.07, 6.45) is 0. The van der Waals surface area contributed by atoms with Gasteiger partial charge in [0.25, 0.3) is 0 Å². The van der Waals surface area contributed by atoms with Gasteiger partial charge in [0, 0.05) is 13.1 Å². The van der Waals surface area contributed by atoms with E-state index in [1.54, 1.807) is 0 Å². The zero-order valence-corrected chi connectivity index (χ0v) is 9.83. The fraction of sp³-hybridized carbons (Fsp3) is 0.538. The van der Waals surface area contributed by atoms with E-state index in [1.807, 2.05) is 12.1 Å². The van der Waals surface area contributed by atoms with E-state index in [4.69, 9.17) is 5.73 Å². The normalized spacial score (nSPS) is 17.7. The van der Waals surface area contributed by atoms with Crippen molar-refractivity contribution in [3.63, 3.8) is 0 Å². The van der Waals surface area contributed by atoms with E-state index in [0.717, 1.165) is 24.7 Å². The van der Waals surface area contributed by atoms with Crippen molar-refractivity contribution in [2.75, 3.05) is 23.7 Å². The highest BCUT2D eigenvalue weighted by atomic mass is 15.2. The van der Waals surface area contributed by atoms with Gasteiger partial charge in [0.2, 0.25) is 0 Å². The van der Waals surface area contributed by atoms with Crippen LogP contribution in [-0.4, -0.2) is 13.1 Å². The summed E-state index contributed by atoms with van der Waals surface area (Å²) in [7, 11) is 0. The molecule has 0 atom stereocenters. The average Bonchev–Trinajstić information content (AvgIpc) is 2.03. The second-order valence-corrected chi connectivity index (χ2v) is 5.53. The molecule has 1 aliphatic heterocycles. The summed E-state index contributed by atoms with van der Waals surface area (Å²) < 4.78 is 0. The lowest BCUT2D eigenvalue weighted by molar-refractivity contribution is 0.195. The molecule has 2 N–H and O–H groups in total. The Morgan fingerprint density at radius 3 is 2.33 bits per heavy atom. The lowest BCUT2D eigenvalue weighted by Gasteiger charge is -2.48. The van der Waals surface area contributed by atoms with E-state index in [9.17, 15) is 0 Å². The number of rotatable bonds is 1. The van der Waals surface area contributed by atoms with E-state index >= 15 is 0 Å². The fourth-order valence-electron chi connectivity index (χ4n) is 2.00. The first-order valence-corrected chi connectivity index (χ1v) is 5.58. The third-order valence-electron chi connectivity index (χ3n) is 3.38. The molecule has 0 aliphatic carbocycles. The van der Waals surface area contributed by atoms with Crippen LogP contribution >= 0.6 is 0 Å².